The highest BCUT2D eigenvalue weighted by molar-refractivity contribution is 8.00. The maximum Gasteiger partial charge on any atom is 0.188 e. The molecule has 0 atom stereocenters. The summed E-state index contributed by atoms with van der Waals surface area (Å²) < 4.78 is 0. The van der Waals surface area contributed by atoms with Crippen LogP contribution in [0.1, 0.15) is 12.8 Å². The number of fused-ring (bicyclic) bond motifs is 4. The van der Waals surface area contributed by atoms with Gasteiger partial charge in [0, 0.05) is 35.4 Å². The summed E-state index contributed by atoms with van der Waals surface area (Å²) in [7, 11) is 0. The smallest absolute Gasteiger partial charge is 0.188 e. The number of thioether (sulfide) groups is 4. The quantitative estimate of drug-likeness (QED) is 0.508. The average Bonchev–Trinajstić information content (AvgIpc) is 2.54. The molecule has 0 N–H and O–H groups in total. The number of rotatable bonds is 0. The summed E-state index contributed by atoms with van der Waals surface area (Å²) >= 11 is 7.06. The molecule has 1 aliphatic heterocycles. The molecule has 3 rings (SSSR count). The largest absolute Gasteiger partial charge is 0.231 e. The van der Waals surface area contributed by atoms with Gasteiger partial charge in [0.1, 0.15) is 10.1 Å². The van der Waals surface area contributed by atoms with Crippen LogP contribution in [0.25, 0.3) is 0 Å². The lowest BCUT2D eigenvalue weighted by Gasteiger charge is -2.06. The Balaban J connectivity index is 1.65. The van der Waals surface area contributed by atoms with Gasteiger partial charge in [0.2, 0.25) is 0 Å². The van der Waals surface area contributed by atoms with E-state index in [1.54, 1.807) is 47.0 Å². The van der Waals surface area contributed by atoms with Gasteiger partial charge < -0.3 is 0 Å². The third-order valence-electron chi connectivity index (χ3n) is 2.76. The Hall–Kier alpha value is -0.440. The normalized spacial score (nSPS) is 17.1. The molecule has 0 spiro atoms. The average molecular weight is 369 g/mol. The van der Waals surface area contributed by atoms with E-state index >= 15 is 0 Å². The first-order valence-corrected chi connectivity index (χ1v) is 11.0. The molecule has 8 heteroatoms. The van der Waals surface area contributed by atoms with Gasteiger partial charge >= 0.3 is 0 Å². The van der Waals surface area contributed by atoms with Gasteiger partial charge in [-0.3, -0.25) is 0 Å². The van der Waals surface area contributed by atoms with Crippen LogP contribution in [-0.2, 0) is 0 Å². The molecule has 0 fully saturated rings. The van der Waals surface area contributed by atoms with E-state index in [2.05, 4.69) is 19.9 Å². The molecule has 0 aromatic carbocycles. The molecular formula is C14H16N4S4. The van der Waals surface area contributed by atoms with Gasteiger partial charge in [-0.15, -0.1) is 23.5 Å². The molecule has 0 radical (unpaired) electrons. The van der Waals surface area contributed by atoms with Gasteiger partial charge in [0.15, 0.2) is 10.3 Å². The van der Waals surface area contributed by atoms with Gasteiger partial charge in [-0.2, -0.15) is 0 Å². The summed E-state index contributed by atoms with van der Waals surface area (Å²) in [5.74, 6) is 4.19. The summed E-state index contributed by atoms with van der Waals surface area (Å²) in [5, 5.41) is 3.92. The molecule has 0 aliphatic carbocycles. The number of hydrogen-bond acceptors (Lipinski definition) is 8. The molecule has 4 bridgehead atoms. The summed E-state index contributed by atoms with van der Waals surface area (Å²) in [5.41, 5.74) is 0. The summed E-state index contributed by atoms with van der Waals surface area (Å²) in [6, 6.07) is 3.99. The van der Waals surface area contributed by atoms with Crippen LogP contribution in [0.3, 0.4) is 0 Å². The van der Waals surface area contributed by atoms with E-state index in [4.69, 9.17) is 0 Å². The lowest BCUT2D eigenvalue weighted by molar-refractivity contribution is 0.882. The van der Waals surface area contributed by atoms with E-state index in [-0.39, 0.29) is 0 Å². The van der Waals surface area contributed by atoms with Crippen LogP contribution in [-0.4, -0.2) is 42.9 Å². The fraction of sp³-hybridized carbons (Fsp3) is 0.429. The SMILES string of the molecule is c1cc2nc(n1)SCCCSc1ccnc(n1)SCCCS2. The Kier molecular flexibility index (Phi) is 6.72. The number of nitrogens with zero attached hydrogens (tertiary/aromatic N) is 4. The molecule has 4 nitrogen and oxygen atoms in total. The van der Waals surface area contributed by atoms with Crippen LogP contribution in [0.2, 0.25) is 0 Å². The molecule has 0 saturated heterocycles. The predicted molar refractivity (Wildman–Crippen MR) is 96.2 cm³/mol. The second kappa shape index (κ2) is 9.00. The van der Waals surface area contributed by atoms with Crippen molar-refractivity contribution in [3.8, 4) is 0 Å². The minimum Gasteiger partial charge on any atom is -0.231 e. The van der Waals surface area contributed by atoms with Crippen molar-refractivity contribution in [1.29, 1.82) is 0 Å². The minimum absolute atomic E-state index is 0.890. The second-order valence-electron chi connectivity index (χ2n) is 4.46. The van der Waals surface area contributed by atoms with Crippen molar-refractivity contribution in [2.45, 2.75) is 33.2 Å². The van der Waals surface area contributed by atoms with Gasteiger partial charge in [0.05, 0.1) is 0 Å². The van der Waals surface area contributed by atoms with Crippen molar-refractivity contribution in [3.05, 3.63) is 24.5 Å². The fourth-order valence-electron chi connectivity index (χ4n) is 1.75. The zero-order valence-electron chi connectivity index (χ0n) is 12.0. The first kappa shape index (κ1) is 16.4. The van der Waals surface area contributed by atoms with Crippen LogP contribution in [0.4, 0.5) is 0 Å². The minimum atomic E-state index is 0.890. The first-order chi connectivity index (χ1) is 10.9. The topological polar surface area (TPSA) is 51.6 Å². The van der Waals surface area contributed by atoms with Crippen molar-refractivity contribution >= 4 is 47.0 Å². The Labute approximate surface area is 147 Å². The third-order valence-corrected chi connectivity index (χ3v) is 6.68. The summed E-state index contributed by atoms with van der Waals surface area (Å²) in [6.07, 6.45) is 5.96. The first-order valence-electron chi connectivity index (χ1n) is 7.07. The molecule has 22 heavy (non-hydrogen) atoms. The van der Waals surface area contributed by atoms with Crippen LogP contribution < -0.4 is 0 Å². The molecule has 2 aromatic rings. The van der Waals surface area contributed by atoms with Gasteiger partial charge in [0.25, 0.3) is 0 Å². The fourth-order valence-corrected chi connectivity index (χ4v) is 5.38. The Morgan fingerprint density at radius 1 is 0.636 bits per heavy atom. The standard InChI is InChI=1S/C14H16N4S4/c1-7-19-11-3-5-16-14(17-11)22-10-2-8-20-12-4-6-15-13(18-12)21-9-1/h3-6H,1-2,7-10H2. The Morgan fingerprint density at radius 2 is 1.09 bits per heavy atom. The van der Waals surface area contributed by atoms with Crippen LogP contribution in [0, 0.1) is 0 Å². The lowest BCUT2D eigenvalue weighted by Crippen LogP contribution is -1.95. The van der Waals surface area contributed by atoms with Gasteiger partial charge in [-0.05, 0) is 25.0 Å². The molecule has 1 aliphatic rings. The predicted octanol–water partition coefficient (Wildman–Crippen LogP) is 4.13. The number of aromatic nitrogens is 4. The molecule has 2 aromatic heterocycles. The molecule has 0 saturated carbocycles. The van der Waals surface area contributed by atoms with E-state index in [0.29, 0.717) is 0 Å². The van der Waals surface area contributed by atoms with Crippen LogP contribution in [0.15, 0.2) is 44.9 Å². The molecule has 0 unspecified atom stereocenters. The second-order valence-corrected chi connectivity index (χ2v) is 8.81. The van der Waals surface area contributed by atoms with E-state index < -0.39 is 0 Å². The molecule has 116 valence electrons. The van der Waals surface area contributed by atoms with Gasteiger partial charge in [-0.25, -0.2) is 19.9 Å². The number of hydrogen-bond donors (Lipinski definition) is 0. The van der Waals surface area contributed by atoms with Crippen LogP contribution >= 0.6 is 47.0 Å². The van der Waals surface area contributed by atoms with Crippen molar-refractivity contribution in [3.63, 3.8) is 0 Å². The zero-order chi connectivity index (χ0) is 15.0. The monoisotopic (exact) mass is 368 g/mol. The summed E-state index contributed by atoms with van der Waals surface area (Å²) in [4.78, 5) is 17.9. The Morgan fingerprint density at radius 3 is 1.59 bits per heavy atom. The zero-order valence-corrected chi connectivity index (χ0v) is 15.2. The van der Waals surface area contributed by atoms with Gasteiger partial charge in [-0.1, -0.05) is 23.5 Å². The maximum atomic E-state index is 4.60. The lowest BCUT2D eigenvalue weighted by atomic mass is 10.6. The Bertz CT molecular complexity index is 515. The van der Waals surface area contributed by atoms with Crippen LogP contribution in [0.5, 0.6) is 0 Å². The molecule has 0 amide bonds. The van der Waals surface area contributed by atoms with E-state index in [1.807, 2.05) is 24.5 Å². The van der Waals surface area contributed by atoms with Crippen molar-refractivity contribution in [1.82, 2.24) is 19.9 Å². The molecule has 3 heterocycles. The summed E-state index contributed by atoms with van der Waals surface area (Å²) in [6.45, 7) is 0. The van der Waals surface area contributed by atoms with Crippen molar-refractivity contribution in [2.75, 3.05) is 23.0 Å². The van der Waals surface area contributed by atoms with Crippen molar-refractivity contribution in [2.24, 2.45) is 0 Å². The maximum absolute atomic E-state index is 4.60. The van der Waals surface area contributed by atoms with Crippen molar-refractivity contribution < 1.29 is 0 Å². The van der Waals surface area contributed by atoms with E-state index in [9.17, 15) is 0 Å². The highest BCUT2D eigenvalue weighted by atomic mass is 32.2. The highest BCUT2D eigenvalue weighted by Crippen LogP contribution is 2.25. The third kappa shape index (κ3) is 5.33. The highest BCUT2D eigenvalue weighted by Gasteiger charge is 2.05. The van der Waals surface area contributed by atoms with E-state index in [0.717, 1.165) is 56.2 Å². The van der Waals surface area contributed by atoms with E-state index in [1.165, 1.54) is 0 Å². The molecular weight excluding hydrogens is 352 g/mol.